The Balaban J connectivity index is 1.65. The number of benzene rings is 2. The molecule has 29 heavy (non-hydrogen) atoms. The Labute approximate surface area is 170 Å². The molecule has 0 bridgehead atoms. The van der Waals surface area contributed by atoms with Crippen molar-refractivity contribution in [3.63, 3.8) is 0 Å². The number of hydrogen-bond acceptors (Lipinski definition) is 3. The van der Waals surface area contributed by atoms with E-state index in [4.69, 9.17) is 0 Å². The molecule has 2 aromatic carbocycles. The van der Waals surface area contributed by atoms with Gasteiger partial charge >= 0.3 is 0 Å². The van der Waals surface area contributed by atoms with Gasteiger partial charge in [-0.3, -0.25) is 9.20 Å². The highest BCUT2D eigenvalue weighted by Gasteiger charge is 2.30. The van der Waals surface area contributed by atoms with Gasteiger partial charge in [0.25, 0.3) is 0 Å². The van der Waals surface area contributed by atoms with Gasteiger partial charge in [0.15, 0.2) is 0 Å². The zero-order valence-electron chi connectivity index (χ0n) is 17.1. The van der Waals surface area contributed by atoms with Crippen LogP contribution in [0.15, 0.2) is 67.1 Å². The van der Waals surface area contributed by atoms with E-state index in [1.807, 2.05) is 93.0 Å². The monoisotopic (exact) mass is 384 g/mol. The zero-order chi connectivity index (χ0) is 20.6. The second-order valence-electron chi connectivity index (χ2n) is 7.94. The van der Waals surface area contributed by atoms with Crippen molar-refractivity contribution in [2.24, 2.45) is 0 Å². The average molecular weight is 384 g/mol. The van der Waals surface area contributed by atoms with Crippen LogP contribution in [0.3, 0.4) is 0 Å². The third-order valence-electron chi connectivity index (χ3n) is 5.28. The highest BCUT2D eigenvalue weighted by Crippen LogP contribution is 2.29. The third kappa shape index (κ3) is 3.63. The van der Waals surface area contributed by atoms with E-state index in [1.165, 1.54) is 0 Å². The maximum Gasteiger partial charge on any atom is 0.234 e. The van der Waals surface area contributed by atoms with Gasteiger partial charge in [-0.15, -0.1) is 0 Å². The summed E-state index contributed by atoms with van der Waals surface area (Å²) in [5.74, 6) is 0.609. The zero-order valence-corrected chi connectivity index (χ0v) is 17.1. The van der Waals surface area contributed by atoms with Crippen LogP contribution in [-0.4, -0.2) is 20.3 Å². The van der Waals surface area contributed by atoms with Crippen LogP contribution in [0.4, 0.5) is 5.69 Å². The highest BCUT2D eigenvalue weighted by molar-refractivity contribution is 5.99. The molecule has 4 rings (SSSR count). The molecule has 0 atom stereocenters. The first-order valence-electron chi connectivity index (χ1n) is 9.64. The van der Waals surface area contributed by atoms with Crippen LogP contribution >= 0.6 is 0 Å². The van der Waals surface area contributed by atoms with E-state index < -0.39 is 5.41 Å². The SMILES string of the molecule is Cc1cnc2nc(-c3ccc(C)c(NC(=O)C(C)(C)c4ccccc4)c3)cn2c1. The Bertz CT molecular complexity index is 1190. The van der Waals surface area contributed by atoms with Crippen molar-refractivity contribution in [3.8, 4) is 11.3 Å². The van der Waals surface area contributed by atoms with Gasteiger partial charge in [-0.1, -0.05) is 42.5 Å². The van der Waals surface area contributed by atoms with E-state index in [1.54, 1.807) is 6.20 Å². The fourth-order valence-corrected chi connectivity index (χ4v) is 3.31. The molecule has 4 aromatic rings. The van der Waals surface area contributed by atoms with E-state index in [2.05, 4.69) is 15.3 Å². The highest BCUT2D eigenvalue weighted by atomic mass is 16.2. The number of amides is 1. The first-order valence-corrected chi connectivity index (χ1v) is 9.64. The molecule has 5 heteroatoms. The minimum Gasteiger partial charge on any atom is -0.325 e. The molecule has 5 nitrogen and oxygen atoms in total. The lowest BCUT2D eigenvalue weighted by Gasteiger charge is -2.25. The molecule has 0 unspecified atom stereocenters. The summed E-state index contributed by atoms with van der Waals surface area (Å²) in [6, 6.07) is 15.8. The largest absolute Gasteiger partial charge is 0.325 e. The summed E-state index contributed by atoms with van der Waals surface area (Å²) in [6.07, 6.45) is 5.76. The summed E-state index contributed by atoms with van der Waals surface area (Å²) in [6.45, 7) is 7.86. The van der Waals surface area contributed by atoms with Crippen LogP contribution in [-0.2, 0) is 10.2 Å². The quantitative estimate of drug-likeness (QED) is 0.543. The predicted octanol–water partition coefficient (Wildman–Crippen LogP) is 4.93. The van der Waals surface area contributed by atoms with Gasteiger partial charge in [0, 0.05) is 29.8 Å². The summed E-state index contributed by atoms with van der Waals surface area (Å²) < 4.78 is 1.92. The second kappa shape index (κ2) is 7.17. The molecule has 1 amide bonds. The molecule has 0 aliphatic rings. The number of rotatable bonds is 4. The van der Waals surface area contributed by atoms with Gasteiger partial charge in [0.2, 0.25) is 11.7 Å². The molecule has 0 saturated heterocycles. The Morgan fingerprint density at radius 1 is 1.03 bits per heavy atom. The predicted molar refractivity (Wildman–Crippen MR) is 116 cm³/mol. The first-order chi connectivity index (χ1) is 13.8. The number of nitrogens with zero attached hydrogens (tertiary/aromatic N) is 3. The van der Waals surface area contributed by atoms with E-state index in [9.17, 15) is 4.79 Å². The normalized spacial score (nSPS) is 11.6. The number of nitrogens with one attached hydrogen (secondary N) is 1. The third-order valence-corrected chi connectivity index (χ3v) is 5.28. The van der Waals surface area contributed by atoms with E-state index in [0.717, 1.165) is 33.6 Å². The van der Waals surface area contributed by atoms with Gasteiger partial charge in [0.05, 0.1) is 11.1 Å². The van der Waals surface area contributed by atoms with Crippen LogP contribution in [0.2, 0.25) is 0 Å². The number of aromatic nitrogens is 3. The van der Waals surface area contributed by atoms with Crippen LogP contribution in [0.25, 0.3) is 17.0 Å². The fourth-order valence-electron chi connectivity index (χ4n) is 3.31. The molecule has 2 aromatic heterocycles. The number of fused-ring (bicyclic) bond motifs is 1. The molecule has 2 heterocycles. The topological polar surface area (TPSA) is 59.3 Å². The minimum atomic E-state index is -0.645. The standard InChI is InChI=1S/C24H24N4O/c1-16-13-25-23-27-21(15-28(23)14-16)18-11-10-17(2)20(12-18)26-22(29)24(3,4)19-8-6-5-7-9-19/h5-15H,1-4H3,(H,26,29). The Morgan fingerprint density at radius 2 is 1.79 bits per heavy atom. The summed E-state index contributed by atoms with van der Waals surface area (Å²) in [7, 11) is 0. The van der Waals surface area contributed by atoms with Gasteiger partial charge < -0.3 is 5.32 Å². The van der Waals surface area contributed by atoms with Gasteiger partial charge in [-0.2, -0.15) is 0 Å². The van der Waals surface area contributed by atoms with Crippen molar-refractivity contribution in [1.82, 2.24) is 14.4 Å². The second-order valence-corrected chi connectivity index (χ2v) is 7.94. The van der Waals surface area contributed by atoms with Crippen molar-refractivity contribution in [2.45, 2.75) is 33.1 Å². The van der Waals surface area contributed by atoms with E-state index >= 15 is 0 Å². The van der Waals surface area contributed by atoms with Crippen LogP contribution in [0.5, 0.6) is 0 Å². The minimum absolute atomic E-state index is 0.0451. The first kappa shape index (κ1) is 18.9. The summed E-state index contributed by atoms with van der Waals surface area (Å²) in [5, 5.41) is 3.11. The number of imidazole rings is 1. The van der Waals surface area contributed by atoms with Crippen LogP contribution in [0.1, 0.15) is 30.5 Å². The molecule has 0 saturated carbocycles. The maximum atomic E-state index is 13.1. The lowest BCUT2D eigenvalue weighted by molar-refractivity contribution is -0.120. The van der Waals surface area contributed by atoms with Crippen LogP contribution < -0.4 is 5.32 Å². The average Bonchev–Trinajstić information content (AvgIpc) is 3.13. The lowest BCUT2D eigenvalue weighted by atomic mass is 9.83. The molecular formula is C24H24N4O. The number of hydrogen-bond donors (Lipinski definition) is 1. The summed E-state index contributed by atoms with van der Waals surface area (Å²) >= 11 is 0. The van der Waals surface area contributed by atoms with Crippen molar-refractivity contribution in [2.75, 3.05) is 5.32 Å². The number of carbonyl (C=O) groups is 1. The van der Waals surface area contributed by atoms with Crippen molar-refractivity contribution < 1.29 is 4.79 Å². The Hall–Kier alpha value is -3.47. The lowest BCUT2D eigenvalue weighted by Crippen LogP contribution is -2.34. The fraction of sp³-hybridized carbons (Fsp3) is 0.208. The van der Waals surface area contributed by atoms with Gasteiger partial charge in [-0.05, 0) is 50.5 Å². The van der Waals surface area contributed by atoms with E-state index in [-0.39, 0.29) is 5.91 Å². The van der Waals surface area contributed by atoms with E-state index in [0.29, 0.717) is 5.78 Å². The molecule has 0 fully saturated rings. The molecule has 0 aliphatic heterocycles. The summed E-state index contributed by atoms with van der Waals surface area (Å²) in [5.41, 5.74) is 4.96. The molecule has 0 spiro atoms. The van der Waals surface area contributed by atoms with Crippen LogP contribution in [0, 0.1) is 13.8 Å². The Kier molecular flexibility index (Phi) is 4.66. The van der Waals surface area contributed by atoms with Crippen molar-refractivity contribution in [1.29, 1.82) is 0 Å². The molecule has 0 aliphatic carbocycles. The summed E-state index contributed by atoms with van der Waals surface area (Å²) in [4.78, 5) is 22.0. The molecule has 1 N–H and O–H groups in total. The number of aryl methyl sites for hydroxylation is 2. The molecule has 0 radical (unpaired) electrons. The van der Waals surface area contributed by atoms with Gasteiger partial charge in [0.1, 0.15) is 0 Å². The Morgan fingerprint density at radius 3 is 2.55 bits per heavy atom. The molecular weight excluding hydrogens is 360 g/mol. The smallest absolute Gasteiger partial charge is 0.234 e. The van der Waals surface area contributed by atoms with Crippen molar-refractivity contribution >= 4 is 17.4 Å². The number of carbonyl (C=O) groups excluding carboxylic acids is 1. The maximum absolute atomic E-state index is 13.1. The number of anilines is 1. The molecule has 146 valence electrons. The van der Waals surface area contributed by atoms with Gasteiger partial charge in [-0.25, -0.2) is 9.97 Å². The van der Waals surface area contributed by atoms with Crippen molar-refractivity contribution in [3.05, 3.63) is 83.8 Å².